The van der Waals surface area contributed by atoms with Gasteiger partial charge in [0.25, 0.3) is 0 Å². The first-order chi connectivity index (χ1) is 7.63. The maximum Gasteiger partial charge on any atom is 0.335 e. The lowest BCUT2D eigenvalue weighted by molar-refractivity contribution is -0.120. The quantitative estimate of drug-likeness (QED) is 0.790. The minimum absolute atomic E-state index is 0.0371. The first-order valence-electron chi connectivity index (χ1n) is 5.22. The summed E-state index contributed by atoms with van der Waals surface area (Å²) in [5.74, 6) is -0.994. The van der Waals surface area contributed by atoms with Gasteiger partial charge in [-0.2, -0.15) is 0 Å². The summed E-state index contributed by atoms with van der Waals surface area (Å²) in [6.45, 7) is 2.66. The van der Waals surface area contributed by atoms with Crippen LogP contribution < -0.4 is 5.32 Å². The fourth-order valence-corrected chi connectivity index (χ4v) is 1.28. The number of carbonyl (C=O) groups is 2. The third-order valence-electron chi connectivity index (χ3n) is 2.14. The van der Waals surface area contributed by atoms with Gasteiger partial charge < -0.3 is 10.4 Å². The number of amides is 1. The molecule has 0 fully saturated rings. The van der Waals surface area contributed by atoms with Crippen LogP contribution >= 0.6 is 0 Å². The van der Waals surface area contributed by atoms with Gasteiger partial charge >= 0.3 is 5.97 Å². The van der Waals surface area contributed by atoms with Crippen molar-refractivity contribution in [2.45, 2.75) is 19.8 Å². The van der Waals surface area contributed by atoms with Gasteiger partial charge in [0.2, 0.25) is 5.91 Å². The number of hydrogen-bond donors (Lipinski definition) is 2. The predicted octanol–water partition coefficient (Wildman–Crippen LogP) is 1.45. The van der Waals surface area contributed by atoms with Crippen molar-refractivity contribution in [3.8, 4) is 0 Å². The van der Waals surface area contributed by atoms with E-state index in [0.29, 0.717) is 13.0 Å². The summed E-state index contributed by atoms with van der Waals surface area (Å²) >= 11 is 0. The second kappa shape index (κ2) is 5.90. The average molecular weight is 221 g/mol. The third-order valence-corrected chi connectivity index (χ3v) is 2.14. The van der Waals surface area contributed by atoms with Crippen LogP contribution in [0, 0.1) is 0 Å². The Kier molecular flexibility index (Phi) is 4.51. The highest BCUT2D eigenvalue weighted by molar-refractivity contribution is 5.87. The highest BCUT2D eigenvalue weighted by Gasteiger charge is 2.04. The summed E-state index contributed by atoms with van der Waals surface area (Å²) < 4.78 is 0. The van der Waals surface area contributed by atoms with Crippen LogP contribution in [-0.4, -0.2) is 23.5 Å². The summed E-state index contributed by atoms with van der Waals surface area (Å²) in [6, 6.07) is 6.33. The molecule has 0 aliphatic carbocycles. The van der Waals surface area contributed by atoms with Crippen LogP contribution in [0.15, 0.2) is 24.3 Å². The molecule has 0 aliphatic heterocycles. The van der Waals surface area contributed by atoms with Crippen molar-refractivity contribution in [2.75, 3.05) is 6.54 Å². The first kappa shape index (κ1) is 12.2. The summed E-state index contributed by atoms with van der Waals surface area (Å²) in [4.78, 5) is 22.0. The fourth-order valence-electron chi connectivity index (χ4n) is 1.28. The predicted molar refractivity (Wildman–Crippen MR) is 60.4 cm³/mol. The van der Waals surface area contributed by atoms with Gasteiger partial charge in [0.15, 0.2) is 0 Å². The molecule has 0 unspecified atom stereocenters. The lowest BCUT2D eigenvalue weighted by Gasteiger charge is -2.03. The molecule has 0 saturated heterocycles. The van der Waals surface area contributed by atoms with Crippen molar-refractivity contribution in [1.29, 1.82) is 0 Å². The second-order valence-electron chi connectivity index (χ2n) is 3.53. The summed E-state index contributed by atoms with van der Waals surface area (Å²) in [6.07, 6.45) is 1.20. The Hall–Kier alpha value is -1.84. The number of nitrogens with one attached hydrogen (secondary N) is 1. The van der Waals surface area contributed by atoms with Crippen LogP contribution in [0.5, 0.6) is 0 Å². The molecule has 0 spiro atoms. The van der Waals surface area contributed by atoms with E-state index < -0.39 is 5.97 Å². The zero-order valence-corrected chi connectivity index (χ0v) is 9.19. The minimum atomic E-state index is -0.956. The van der Waals surface area contributed by atoms with E-state index in [4.69, 9.17) is 5.11 Å². The molecule has 16 heavy (non-hydrogen) atoms. The second-order valence-corrected chi connectivity index (χ2v) is 3.53. The lowest BCUT2D eigenvalue weighted by atomic mass is 10.1. The smallest absolute Gasteiger partial charge is 0.335 e. The Morgan fingerprint density at radius 1 is 1.25 bits per heavy atom. The molecule has 2 N–H and O–H groups in total. The summed E-state index contributed by atoms with van der Waals surface area (Å²) in [5.41, 5.74) is 1.05. The Morgan fingerprint density at radius 3 is 2.38 bits per heavy atom. The normalized spacial score (nSPS) is 9.81. The van der Waals surface area contributed by atoms with Gasteiger partial charge in [0, 0.05) is 6.54 Å². The zero-order valence-electron chi connectivity index (χ0n) is 9.19. The number of benzene rings is 1. The molecule has 0 radical (unpaired) electrons. The van der Waals surface area contributed by atoms with E-state index in [0.717, 1.165) is 12.0 Å². The highest BCUT2D eigenvalue weighted by atomic mass is 16.4. The van der Waals surface area contributed by atoms with E-state index >= 15 is 0 Å². The number of rotatable bonds is 5. The molecule has 1 rings (SSSR count). The molecule has 1 amide bonds. The first-order valence-corrected chi connectivity index (χ1v) is 5.22. The standard InChI is InChI=1S/C12H15NO3/c1-2-7-13-11(14)8-9-3-5-10(6-4-9)12(15)16/h3-6H,2,7-8H2,1H3,(H,13,14)(H,15,16). The van der Waals surface area contributed by atoms with Gasteiger partial charge in [-0.15, -0.1) is 0 Å². The molecular weight excluding hydrogens is 206 g/mol. The molecule has 0 aromatic heterocycles. The van der Waals surface area contributed by atoms with E-state index in [1.54, 1.807) is 12.1 Å². The largest absolute Gasteiger partial charge is 0.478 e. The molecule has 1 aromatic carbocycles. The minimum Gasteiger partial charge on any atom is -0.478 e. The van der Waals surface area contributed by atoms with Gasteiger partial charge in [0.1, 0.15) is 0 Å². The molecule has 0 saturated carbocycles. The van der Waals surface area contributed by atoms with Crippen LogP contribution in [0.1, 0.15) is 29.3 Å². The molecule has 1 aromatic rings. The van der Waals surface area contributed by atoms with E-state index in [2.05, 4.69) is 5.32 Å². The van der Waals surface area contributed by atoms with E-state index in [1.165, 1.54) is 12.1 Å². The van der Waals surface area contributed by atoms with Crippen molar-refractivity contribution >= 4 is 11.9 Å². The van der Waals surface area contributed by atoms with Crippen LogP contribution in [0.2, 0.25) is 0 Å². The lowest BCUT2D eigenvalue weighted by Crippen LogP contribution is -2.25. The molecule has 0 aliphatic rings. The number of carbonyl (C=O) groups excluding carboxylic acids is 1. The number of aromatic carboxylic acids is 1. The highest BCUT2D eigenvalue weighted by Crippen LogP contribution is 2.05. The van der Waals surface area contributed by atoms with E-state index in [1.807, 2.05) is 6.92 Å². The van der Waals surface area contributed by atoms with Crippen molar-refractivity contribution in [3.05, 3.63) is 35.4 Å². The molecule has 4 nitrogen and oxygen atoms in total. The molecule has 0 heterocycles. The SMILES string of the molecule is CCCNC(=O)Cc1ccc(C(=O)O)cc1. The maximum absolute atomic E-state index is 11.4. The van der Waals surface area contributed by atoms with Crippen molar-refractivity contribution in [3.63, 3.8) is 0 Å². The molecule has 0 atom stereocenters. The van der Waals surface area contributed by atoms with Crippen molar-refractivity contribution < 1.29 is 14.7 Å². The zero-order chi connectivity index (χ0) is 12.0. The van der Waals surface area contributed by atoms with Crippen LogP contribution in [0.3, 0.4) is 0 Å². The molecule has 0 bridgehead atoms. The average Bonchev–Trinajstić information content (AvgIpc) is 2.27. The van der Waals surface area contributed by atoms with Crippen LogP contribution in [0.4, 0.5) is 0 Å². The van der Waals surface area contributed by atoms with Crippen molar-refractivity contribution in [1.82, 2.24) is 5.32 Å². The maximum atomic E-state index is 11.4. The Morgan fingerprint density at radius 2 is 1.88 bits per heavy atom. The Bertz CT molecular complexity index is 370. The van der Waals surface area contributed by atoms with Gasteiger partial charge in [-0.1, -0.05) is 19.1 Å². The van der Waals surface area contributed by atoms with Gasteiger partial charge in [-0.3, -0.25) is 4.79 Å². The van der Waals surface area contributed by atoms with Gasteiger partial charge in [-0.05, 0) is 24.1 Å². The third kappa shape index (κ3) is 3.73. The summed E-state index contributed by atoms with van der Waals surface area (Å²) in [7, 11) is 0. The Labute approximate surface area is 94.3 Å². The monoisotopic (exact) mass is 221 g/mol. The molecule has 4 heteroatoms. The van der Waals surface area contributed by atoms with Gasteiger partial charge in [-0.25, -0.2) is 4.79 Å². The molecule has 86 valence electrons. The molecular formula is C12H15NO3. The van der Waals surface area contributed by atoms with Crippen molar-refractivity contribution in [2.24, 2.45) is 0 Å². The van der Waals surface area contributed by atoms with Gasteiger partial charge in [0.05, 0.1) is 12.0 Å². The number of hydrogen-bond acceptors (Lipinski definition) is 2. The fraction of sp³-hybridized carbons (Fsp3) is 0.333. The van der Waals surface area contributed by atoms with E-state index in [9.17, 15) is 9.59 Å². The topological polar surface area (TPSA) is 66.4 Å². The van der Waals surface area contributed by atoms with E-state index in [-0.39, 0.29) is 11.5 Å². The summed E-state index contributed by atoms with van der Waals surface area (Å²) in [5, 5.41) is 11.5. The van der Waals surface area contributed by atoms with Crippen LogP contribution in [0.25, 0.3) is 0 Å². The Balaban J connectivity index is 2.55. The van der Waals surface area contributed by atoms with Crippen LogP contribution in [-0.2, 0) is 11.2 Å². The number of carboxylic acids is 1. The number of carboxylic acid groups (broad SMARTS) is 1.